The molecule has 0 unspecified atom stereocenters. The molecule has 7 nitrogen and oxygen atoms in total. The van der Waals surface area contributed by atoms with Gasteiger partial charge in [-0.15, -0.1) is 0 Å². The third-order valence-corrected chi connectivity index (χ3v) is 7.02. The summed E-state index contributed by atoms with van der Waals surface area (Å²) in [6.45, 7) is 3.17. The zero-order valence-corrected chi connectivity index (χ0v) is 19.0. The van der Waals surface area contributed by atoms with E-state index in [-0.39, 0.29) is 28.1 Å². The summed E-state index contributed by atoms with van der Waals surface area (Å²) in [5.41, 5.74) is 0.932. The Hall–Kier alpha value is -2.66. The van der Waals surface area contributed by atoms with Gasteiger partial charge in [-0.1, -0.05) is 17.8 Å². The highest BCUT2D eigenvalue weighted by atomic mass is 32.2. The highest BCUT2D eigenvalue weighted by Crippen LogP contribution is 2.29. The Labute approximate surface area is 189 Å². The first-order valence-corrected chi connectivity index (χ1v) is 12.2. The molecule has 1 fully saturated rings. The monoisotopic (exact) mass is 483 g/mol. The predicted molar refractivity (Wildman–Crippen MR) is 119 cm³/mol. The molecule has 32 heavy (non-hydrogen) atoms. The summed E-state index contributed by atoms with van der Waals surface area (Å²) in [5, 5.41) is 5.25. The fourth-order valence-corrected chi connectivity index (χ4v) is 4.70. The topological polar surface area (TPSA) is 104 Å². The lowest BCUT2D eigenvalue weighted by Crippen LogP contribution is -2.42. The van der Waals surface area contributed by atoms with Crippen molar-refractivity contribution in [2.24, 2.45) is 5.92 Å². The molecule has 0 spiro atoms. The number of carbonyl (C=O) groups excluding carboxylic acids is 2. The Morgan fingerprint density at radius 1 is 1.06 bits per heavy atom. The van der Waals surface area contributed by atoms with Crippen LogP contribution in [0.15, 0.2) is 52.3 Å². The van der Waals surface area contributed by atoms with Gasteiger partial charge >= 0.3 is 0 Å². The normalized spacial score (nSPS) is 14.7. The minimum absolute atomic E-state index is 0.0320. The van der Waals surface area contributed by atoms with E-state index in [0.717, 1.165) is 12.8 Å². The Kier molecular flexibility index (Phi) is 7.40. The second kappa shape index (κ2) is 9.86. The van der Waals surface area contributed by atoms with Crippen molar-refractivity contribution in [2.45, 2.75) is 48.3 Å². The van der Waals surface area contributed by atoms with Crippen LogP contribution in [0.4, 0.5) is 20.2 Å². The summed E-state index contributed by atoms with van der Waals surface area (Å²) >= 11 is 0.365. The van der Waals surface area contributed by atoms with Crippen molar-refractivity contribution in [2.75, 3.05) is 10.0 Å². The molecular formula is C21H23F2N3O4S2. The van der Waals surface area contributed by atoms with Gasteiger partial charge in [0.25, 0.3) is 15.8 Å². The molecule has 3 rings (SSSR count). The molecule has 0 heterocycles. The van der Waals surface area contributed by atoms with Crippen LogP contribution in [0.3, 0.4) is 0 Å². The number of hydrogen-bond donors (Lipinski definition) is 3. The Bertz CT molecular complexity index is 1100. The van der Waals surface area contributed by atoms with E-state index in [2.05, 4.69) is 15.4 Å². The second-order valence-electron chi connectivity index (χ2n) is 7.48. The summed E-state index contributed by atoms with van der Waals surface area (Å²) < 4.78 is 53.0. The number of halogens is 2. The molecule has 0 aromatic heterocycles. The fraction of sp³-hybridized carbons (Fsp3) is 0.333. The average molecular weight is 484 g/mol. The zero-order valence-electron chi connectivity index (χ0n) is 17.4. The maximum absolute atomic E-state index is 12.9. The number of carbonyl (C=O) groups is 2. The molecule has 3 N–H and O–H groups in total. The van der Waals surface area contributed by atoms with E-state index >= 15 is 0 Å². The van der Waals surface area contributed by atoms with Gasteiger partial charge in [0.2, 0.25) is 11.8 Å². The molecule has 2 aromatic rings. The van der Waals surface area contributed by atoms with Crippen molar-refractivity contribution in [1.29, 1.82) is 0 Å². The first-order chi connectivity index (χ1) is 15.0. The maximum atomic E-state index is 12.9. The van der Waals surface area contributed by atoms with E-state index in [9.17, 15) is 26.8 Å². The Morgan fingerprint density at radius 3 is 2.28 bits per heavy atom. The number of nitrogens with one attached hydrogen (secondary N) is 3. The fourth-order valence-electron chi connectivity index (χ4n) is 2.87. The van der Waals surface area contributed by atoms with Crippen molar-refractivity contribution < 1.29 is 26.8 Å². The highest BCUT2D eigenvalue weighted by molar-refractivity contribution is 7.99. The summed E-state index contributed by atoms with van der Waals surface area (Å²) in [7, 11) is -4.01. The van der Waals surface area contributed by atoms with Gasteiger partial charge in [-0.3, -0.25) is 14.3 Å². The minimum Gasteiger partial charge on any atom is -0.344 e. The molecule has 1 aliphatic rings. The van der Waals surface area contributed by atoms with E-state index in [1.807, 2.05) is 0 Å². The summed E-state index contributed by atoms with van der Waals surface area (Å²) in [6.07, 6.45) is 1.64. The smallest absolute Gasteiger partial charge is 0.288 e. The Morgan fingerprint density at radius 2 is 1.69 bits per heavy atom. The zero-order chi connectivity index (χ0) is 23.5. The van der Waals surface area contributed by atoms with Crippen molar-refractivity contribution in [3.8, 4) is 0 Å². The largest absolute Gasteiger partial charge is 0.344 e. The van der Waals surface area contributed by atoms with Gasteiger partial charge in [0.15, 0.2) is 0 Å². The van der Waals surface area contributed by atoms with Crippen LogP contribution in [0, 0.1) is 12.8 Å². The lowest BCUT2D eigenvalue weighted by Gasteiger charge is -2.16. The molecular weight excluding hydrogens is 460 g/mol. The van der Waals surface area contributed by atoms with Crippen LogP contribution in [0.5, 0.6) is 0 Å². The van der Waals surface area contributed by atoms with Crippen LogP contribution in [0.25, 0.3) is 0 Å². The molecule has 1 aliphatic carbocycles. The van der Waals surface area contributed by atoms with Crippen molar-refractivity contribution in [3.63, 3.8) is 0 Å². The van der Waals surface area contributed by atoms with Crippen molar-refractivity contribution in [3.05, 3.63) is 48.0 Å². The van der Waals surface area contributed by atoms with Crippen LogP contribution in [0.2, 0.25) is 0 Å². The standard InChI is InChI=1S/C21H23F2N3O4S2/c1-12-3-6-16(25-19(27)13(2)24-20(28)14-4-5-14)11-18(12)32(29,30)26-15-7-9-17(10-8-15)31-21(22)23/h3,6-11,13-14,21,26H,4-5H2,1-2H3,(H,24,28)(H,25,27)/t13-/m1/s1. The molecule has 0 bridgehead atoms. The van der Waals surface area contributed by atoms with Crippen LogP contribution in [0.1, 0.15) is 25.3 Å². The second-order valence-corrected chi connectivity index (χ2v) is 10.2. The van der Waals surface area contributed by atoms with Crippen molar-refractivity contribution >= 4 is 45.0 Å². The molecule has 1 saturated carbocycles. The third kappa shape index (κ3) is 6.42. The lowest BCUT2D eigenvalue weighted by molar-refractivity contribution is -0.127. The number of amides is 2. The first-order valence-electron chi connectivity index (χ1n) is 9.85. The minimum atomic E-state index is -4.01. The molecule has 172 valence electrons. The van der Waals surface area contributed by atoms with E-state index in [0.29, 0.717) is 22.2 Å². The molecule has 2 amide bonds. The molecule has 2 aromatic carbocycles. The quantitative estimate of drug-likeness (QED) is 0.469. The van der Waals surface area contributed by atoms with E-state index in [1.54, 1.807) is 26.0 Å². The Balaban J connectivity index is 1.70. The first kappa shape index (κ1) is 24.0. The third-order valence-electron chi connectivity index (χ3n) is 4.78. The number of rotatable bonds is 9. The summed E-state index contributed by atoms with van der Waals surface area (Å²) in [6, 6.07) is 9.27. The van der Waals surface area contributed by atoms with E-state index in [1.165, 1.54) is 30.3 Å². The van der Waals surface area contributed by atoms with Gasteiger partial charge in [0.1, 0.15) is 6.04 Å². The number of alkyl halides is 2. The number of benzene rings is 2. The highest BCUT2D eigenvalue weighted by Gasteiger charge is 2.31. The number of anilines is 2. The molecule has 11 heteroatoms. The number of hydrogen-bond acceptors (Lipinski definition) is 5. The van der Waals surface area contributed by atoms with Crippen LogP contribution >= 0.6 is 11.8 Å². The molecule has 0 aliphatic heterocycles. The predicted octanol–water partition coefficient (Wildman–Crippen LogP) is 3.96. The van der Waals surface area contributed by atoms with Crippen LogP contribution in [-0.2, 0) is 19.6 Å². The van der Waals surface area contributed by atoms with Crippen molar-refractivity contribution in [1.82, 2.24) is 5.32 Å². The average Bonchev–Trinajstić information content (AvgIpc) is 3.55. The van der Waals surface area contributed by atoms with Gasteiger partial charge in [-0.2, -0.15) is 8.78 Å². The number of sulfonamides is 1. The molecule has 0 saturated heterocycles. The molecule has 1 atom stereocenters. The SMILES string of the molecule is Cc1ccc(NC(=O)[C@@H](C)NC(=O)C2CC2)cc1S(=O)(=O)Nc1ccc(SC(F)F)cc1. The summed E-state index contributed by atoms with van der Waals surface area (Å²) in [4.78, 5) is 24.5. The van der Waals surface area contributed by atoms with Gasteiger partial charge in [0.05, 0.1) is 4.90 Å². The van der Waals surface area contributed by atoms with Gasteiger partial charge in [0, 0.05) is 22.2 Å². The van der Waals surface area contributed by atoms with Gasteiger partial charge < -0.3 is 10.6 Å². The maximum Gasteiger partial charge on any atom is 0.288 e. The van der Waals surface area contributed by atoms with Crippen LogP contribution < -0.4 is 15.4 Å². The van der Waals surface area contributed by atoms with E-state index in [4.69, 9.17) is 0 Å². The van der Waals surface area contributed by atoms with Gasteiger partial charge in [-0.25, -0.2) is 8.42 Å². The van der Waals surface area contributed by atoms with Crippen LogP contribution in [-0.4, -0.2) is 32.0 Å². The number of thioether (sulfide) groups is 1. The molecule has 0 radical (unpaired) electrons. The lowest BCUT2D eigenvalue weighted by atomic mass is 10.2. The summed E-state index contributed by atoms with van der Waals surface area (Å²) in [5.74, 6) is -3.23. The van der Waals surface area contributed by atoms with Gasteiger partial charge in [-0.05, 0) is 68.7 Å². The number of aryl methyl sites for hydroxylation is 1. The van der Waals surface area contributed by atoms with E-state index < -0.39 is 27.7 Å².